The van der Waals surface area contributed by atoms with Crippen molar-refractivity contribution in [2.75, 3.05) is 25.6 Å². The molecule has 1 aliphatic heterocycles. The maximum atomic E-state index is 11.3. The second-order valence-corrected chi connectivity index (χ2v) is 5.57. The molecule has 0 aromatic heterocycles. The van der Waals surface area contributed by atoms with E-state index in [0.29, 0.717) is 5.57 Å². The lowest BCUT2D eigenvalue weighted by molar-refractivity contribution is -0.115. The molecule has 1 aliphatic rings. The van der Waals surface area contributed by atoms with Gasteiger partial charge in [0.25, 0.3) is 0 Å². The average molecular weight is 203 g/mol. The van der Waals surface area contributed by atoms with Crippen LogP contribution < -0.4 is 0 Å². The summed E-state index contributed by atoms with van der Waals surface area (Å²) in [4.78, 5) is 12.9. The van der Waals surface area contributed by atoms with Crippen LogP contribution in [0.4, 0.5) is 0 Å². The predicted molar refractivity (Wildman–Crippen MR) is 50.0 cm³/mol. The Kier molecular flexibility index (Phi) is 2.75. The molecule has 0 aromatic carbocycles. The summed E-state index contributed by atoms with van der Waals surface area (Å²) in [6, 6.07) is 0. The zero-order chi connectivity index (χ0) is 10.1. The van der Waals surface area contributed by atoms with Gasteiger partial charge in [-0.15, -0.1) is 0 Å². The molecule has 13 heavy (non-hydrogen) atoms. The number of ketones is 1. The quantitative estimate of drug-likeness (QED) is 0.555. The van der Waals surface area contributed by atoms with E-state index in [1.165, 1.54) is 0 Å². The number of carbonyl (C=O) groups excluding carboxylic acids is 1. The molecule has 1 rings (SSSR count). The van der Waals surface area contributed by atoms with E-state index in [-0.39, 0.29) is 23.7 Å². The minimum atomic E-state index is -3.03. The molecule has 0 aromatic rings. The molecule has 5 heteroatoms. The van der Waals surface area contributed by atoms with Gasteiger partial charge in [-0.05, 0) is 0 Å². The topological polar surface area (TPSA) is 54.5 Å². The van der Waals surface area contributed by atoms with Gasteiger partial charge in [0.15, 0.2) is 15.6 Å². The molecular formula is C8H13NO3S. The summed E-state index contributed by atoms with van der Waals surface area (Å²) in [7, 11) is 0.505. The maximum Gasteiger partial charge on any atom is 0.162 e. The van der Waals surface area contributed by atoms with E-state index in [1.807, 2.05) is 0 Å². The number of Topliss-reactive ketones (excluding diaryl/α,β-unsaturated/α-hetero) is 1. The van der Waals surface area contributed by atoms with Crippen molar-refractivity contribution in [2.24, 2.45) is 0 Å². The highest BCUT2D eigenvalue weighted by molar-refractivity contribution is 7.91. The van der Waals surface area contributed by atoms with Crippen LogP contribution in [0.25, 0.3) is 0 Å². The first-order chi connectivity index (χ1) is 5.91. The fraction of sp³-hybridized carbons (Fsp3) is 0.625. The average Bonchev–Trinajstić information content (AvgIpc) is 1.95. The van der Waals surface area contributed by atoms with E-state index in [0.717, 1.165) is 0 Å². The van der Waals surface area contributed by atoms with E-state index < -0.39 is 9.84 Å². The lowest BCUT2D eigenvalue weighted by Crippen LogP contribution is -2.27. The summed E-state index contributed by atoms with van der Waals surface area (Å²) in [6.45, 7) is 0. The molecule has 0 aliphatic carbocycles. The van der Waals surface area contributed by atoms with Crippen LogP contribution in [0.2, 0.25) is 0 Å². The molecule has 0 atom stereocenters. The smallest absolute Gasteiger partial charge is 0.162 e. The van der Waals surface area contributed by atoms with Gasteiger partial charge < -0.3 is 4.90 Å². The van der Waals surface area contributed by atoms with Crippen LogP contribution in [0.5, 0.6) is 0 Å². The Labute approximate surface area is 78.1 Å². The van der Waals surface area contributed by atoms with Crippen LogP contribution in [0, 0.1) is 0 Å². The minimum Gasteiger partial charge on any atom is -0.383 e. The van der Waals surface area contributed by atoms with E-state index in [4.69, 9.17) is 0 Å². The van der Waals surface area contributed by atoms with Gasteiger partial charge in [-0.3, -0.25) is 4.79 Å². The van der Waals surface area contributed by atoms with Crippen molar-refractivity contribution in [2.45, 2.75) is 6.42 Å². The highest BCUT2D eigenvalue weighted by Gasteiger charge is 2.26. The minimum absolute atomic E-state index is 0.00337. The number of nitrogens with zero attached hydrogens (tertiary/aromatic N) is 1. The molecule has 0 N–H and O–H groups in total. The molecule has 1 saturated heterocycles. The fourth-order valence-electron chi connectivity index (χ4n) is 1.22. The number of rotatable bonds is 1. The van der Waals surface area contributed by atoms with E-state index >= 15 is 0 Å². The lowest BCUT2D eigenvalue weighted by atomic mass is 10.1. The third-order valence-electron chi connectivity index (χ3n) is 1.79. The Morgan fingerprint density at radius 2 is 2.00 bits per heavy atom. The SMILES string of the molecule is CN(C)/C=C1/CS(=O)(=O)CCC1=O. The van der Waals surface area contributed by atoms with Gasteiger partial charge in [-0.25, -0.2) is 8.42 Å². The van der Waals surface area contributed by atoms with Crippen molar-refractivity contribution in [3.05, 3.63) is 11.8 Å². The first kappa shape index (κ1) is 10.2. The molecule has 0 bridgehead atoms. The molecule has 0 unspecified atom stereocenters. The summed E-state index contributed by atoms with van der Waals surface area (Å²) in [5.41, 5.74) is 0.399. The van der Waals surface area contributed by atoms with Gasteiger partial charge in [0.1, 0.15) is 0 Å². The number of hydrogen-bond donors (Lipinski definition) is 0. The second-order valence-electron chi connectivity index (χ2n) is 3.38. The number of sulfone groups is 1. The highest BCUT2D eigenvalue weighted by atomic mass is 32.2. The molecule has 0 saturated carbocycles. The molecule has 1 fully saturated rings. The van der Waals surface area contributed by atoms with Crippen molar-refractivity contribution in [1.82, 2.24) is 4.90 Å². The zero-order valence-corrected chi connectivity index (χ0v) is 8.60. The molecule has 0 spiro atoms. The van der Waals surface area contributed by atoms with Crippen LogP contribution >= 0.6 is 0 Å². The Bertz CT molecular complexity index is 340. The zero-order valence-electron chi connectivity index (χ0n) is 7.78. The standard InChI is InChI=1S/C8H13NO3S/c1-9(2)5-7-6-13(11,12)4-3-8(7)10/h5H,3-4,6H2,1-2H3/b7-5-. The van der Waals surface area contributed by atoms with Gasteiger partial charge in [-0.1, -0.05) is 0 Å². The van der Waals surface area contributed by atoms with Gasteiger partial charge in [0, 0.05) is 32.3 Å². The third-order valence-corrected chi connectivity index (χ3v) is 3.36. The first-order valence-electron chi connectivity index (χ1n) is 4.01. The largest absolute Gasteiger partial charge is 0.383 e. The highest BCUT2D eigenvalue weighted by Crippen LogP contribution is 2.14. The molecule has 4 nitrogen and oxygen atoms in total. The summed E-state index contributed by atoms with van der Waals surface area (Å²) in [5.74, 6) is -0.163. The normalized spacial score (nSPS) is 24.8. The number of hydrogen-bond acceptors (Lipinski definition) is 4. The molecule has 0 amide bonds. The van der Waals surface area contributed by atoms with Crippen molar-refractivity contribution in [1.29, 1.82) is 0 Å². The van der Waals surface area contributed by atoms with Gasteiger partial charge in [0.05, 0.1) is 11.5 Å². The Morgan fingerprint density at radius 3 is 2.54 bits per heavy atom. The molecular weight excluding hydrogens is 190 g/mol. The lowest BCUT2D eigenvalue weighted by Gasteiger charge is -2.15. The van der Waals surface area contributed by atoms with Crippen LogP contribution in [0.15, 0.2) is 11.8 Å². The van der Waals surface area contributed by atoms with Crippen molar-refractivity contribution >= 4 is 15.6 Å². The predicted octanol–water partition coefficient (Wildman–Crippen LogP) is -0.180. The summed E-state index contributed by atoms with van der Waals surface area (Å²) in [6.07, 6.45) is 1.71. The molecule has 1 heterocycles. The van der Waals surface area contributed by atoms with Crippen molar-refractivity contribution in [3.8, 4) is 0 Å². The third kappa shape index (κ3) is 2.84. The Hall–Kier alpha value is -0.840. The summed E-state index contributed by atoms with van der Waals surface area (Å²) in [5, 5.41) is 0. The Balaban J connectivity index is 2.90. The molecule has 0 radical (unpaired) electrons. The van der Waals surface area contributed by atoms with E-state index in [9.17, 15) is 13.2 Å². The van der Waals surface area contributed by atoms with Crippen LogP contribution in [-0.2, 0) is 14.6 Å². The van der Waals surface area contributed by atoms with E-state index in [2.05, 4.69) is 0 Å². The van der Waals surface area contributed by atoms with Crippen LogP contribution in [0.3, 0.4) is 0 Å². The van der Waals surface area contributed by atoms with Gasteiger partial charge >= 0.3 is 0 Å². The second kappa shape index (κ2) is 3.49. The van der Waals surface area contributed by atoms with E-state index in [1.54, 1.807) is 25.2 Å². The van der Waals surface area contributed by atoms with Gasteiger partial charge in [0.2, 0.25) is 0 Å². The summed E-state index contributed by atoms with van der Waals surface area (Å²) >= 11 is 0. The fourth-order valence-corrected chi connectivity index (χ4v) is 2.57. The van der Waals surface area contributed by atoms with Crippen molar-refractivity contribution < 1.29 is 13.2 Å². The van der Waals surface area contributed by atoms with Gasteiger partial charge in [-0.2, -0.15) is 0 Å². The number of carbonyl (C=O) groups is 1. The Morgan fingerprint density at radius 1 is 1.38 bits per heavy atom. The van der Waals surface area contributed by atoms with Crippen LogP contribution in [-0.4, -0.2) is 44.7 Å². The summed E-state index contributed by atoms with van der Waals surface area (Å²) < 4.78 is 22.4. The first-order valence-corrected chi connectivity index (χ1v) is 5.83. The molecule has 74 valence electrons. The van der Waals surface area contributed by atoms with Crippen LogP contribution in [0.1, 0.15) is 6.42 Å². The van der Waals surface area contributed by atoms with Crippen molar-refractivity contribution in [3.63, 3.8) is 0 Å². The monoisotopic (exact) mass is 203 g/mol. The maximum absolute atomic E-state index is 11.3.